The third-order valence-electron chi connectivity index (χ3n) is 2.32. The molecule has 1 aromatic carbocycles. The molecule has 0 bridgehead atoms. The molecule has 0 fully saturated rings. The summed E-state index contributed by atoms with van der Waals surface area (Å²) in [5, 5.41) is 0. The van der Waals surface area contributed by atoms with Gasteiger partial charge in [0.25, 0.3) is 0 Å². The summed E-state index contributed by atoms with van der Waals surface area (Å²) in [4.78, 5) is 0. The van der Waals surface area contributed by atoms with Gasteiger partial charge in [0.05, 0.1) is 0 Å². The van der Waals surface area contributed by atoms with Crippen LogP contribution in [0.4, 0.5) is 9.80 Å². The Kier molecular flexibility index (Phi) is 1.88. The minimum atomic E-state index is -0.602. The summed E-state index contributed by atoms with van der Waals surface area (Å²) in [5.41, 5.74) is 2.36. The van der Waals surface area contributed by atoms with Crippen LogP contribution in [-0.4, -0.2) is 16.6 Å². The summed E-state index contributed by atoms with van der Waals surface area (Å²) >= 11 is 0. The lowest BCUT2D eigenvalue weighted by atomic mass is 10.0. The van der Waals surface area contributed by atoms with Crippen LogP contribution in [0, 0.1) is 0 Å². The Morgan fingerprint density at radius 3 is 3.00 bits per heavy atom. The Balaban J connectivity index is 2.43. The molecule has 1 atom stereocenters. The van der Waals surface area contributed by atoms with E-state index < -0.39 is 10.0 Å². The van der Waals surface area contributed by atoms with Crippen molar-refractivity contribution in [3.05, 3.63) is 29.8 Å². The van der Waals surface area contributed by atoms with Gasteiger partial charge in [-0.15, -0.1) is 0 Å². The Bertz CT molecular complexity index is 290. The van der Waals surface area contributed by atoms with Crippen molar-refractivity contribution in [2.24, 2.45) is 0 Å². The van der Waals surface area contributed by atoms with Crippen molar-refractivity contribution in [2.75, 3.05) is 11.1 Å². The molecule has 2 radical (unpaired) electrons. The standard InChI is InChI=1S/C9H10FNSi/c1-7-6-11(12-10)9-5-3-2-4-8(7)9/h2-5,7H,6H2,1H3. The highest BCUT2D eigenvalue weighted by Crippen LogP contribution is 2.34. The number of anilines is 1. The molecule has 0 N–H and O–H groups in total. The van der Waals surface area contributed by atoms with E-state index in [1.807, 2.05) is 18.2 Å². The first-order chi connectivity index (χ1) is 5.83. The van der Waals surface area contributed by atoms with E-state index in [0.29, 0.717) is 5.92 Å². The molecule has 1 aromatic rings. The van der Waals surface area contributed by atoms with Crippen LogP contribution in [0.5, 0.6) is 0 Å². The summed E-state index contributed by atoms with van der Waals surface area (Å²) in [6, 6.07) is 8.05. The third kappa shape index (κ3) is 1.05. The van der Waals surface area contributed by atoms with Gasteiger partial charge in [0, 0.05) is 12.2 Å². The summed E-state index contributed by atoms with van der Waals surface area (Å²) in [6.07, 6.45) is 0. The molecule has 1 unspecified atom stereocenters. The SMILES string of the molecule is CC1CN([Si]F)c2ccccc21. The average Bonchev–Trinajstić information content (AvgIpc) is 2.44. The normalized spacial score (nSPS) is 21.2. The molecule has 12 heavy (non-hydrogen) atoms. The summed E-state index contributed by atoms with van der Waals surface area (Å²) in [5.74, 6) is 0.476. The first-order valence-corrected chi connectivity index (χ1v) is 4.88. The van der Waals surface area contributed by atoms with Crippen molar-refractivity contribution in [3.8, 4) is 0 Å². The van der Waals surface area contributed by atoms with Crippen molar-refractivity contribution < 1.29 is 4.11 Å². The molecule has 1 aliphatic heterocycles. The van der Waals surface area contributed by atoms with E-state index in [1.165, 1.54) is 5.56 Å². The number of halogens is 1. The summed E-state index contributed by atoms with van der Waals surface area (Å²) < 4.78 is 14.3. The number of hydrogen-bond donors (Lipinski definition) is 0. The van der Waals surface area contributed by atoms with E-state index in [1.54, 1.807) is 4.57 Å². The van der Waals surface area contributed by atoms with Crippen molar-refractivity contribution in [3.63, 3.8) is 0 Å². The van der Waals surface area contributed by atoms with Gasteiger partial charge in [-0.2, -0.15) is 0 Å². The second-order valence-electron chi connectivity index (χ2n) is 3.15. The van der Waals surface area contributed by atoms with E-state index in [-0.39, 0.29) is 0 Å². The van der Waals surface area contributed by atoms with Gasteiger partial charge in [0.2, 0.25) is 0 Å². The number of fused-ring (bicyclic) bond motifs is 1. The summed E-state index contributed by atoms with van der Waals surface area (Å²) in [7, 11) is -0.602. The fourth-order valence-electron chi connectivity index (χ4n) is 1.70. The van der Waals surface area contributed by atoms with E-state index in [0.717, 1.165) is 12.2 Å². The lowest BCUT2D eigenvalue weighted by Gasteiger charge is -2.11. The van der Waals surface area contributed by atoms with Crippen molar-refractivity contribution >= 4 is 15.7 Å². The number of benzene rings is 1. The van der Waals surface area contributed by atoms with Crippen molar-refractivity contribution in [1.82, 2.24) is 0 Å². The highest BCUT2D eigenvalue weighted by atomic mass is 28.3. The predicted molar refractivity (Wildman–Crippen MR) is 49.1 cm³/mol. The number of rotatable bonds is 1. The predicted octanol–water partition coefficient (Wildman–Crippen LogP) is 2.11. The van der Waals surface area contributed by atoms with Gasteiger partial charge >= 0.3 is 10.0 Å². The minimum absolute atomic E-state index is 0.476. The Hall–Kier alpha value is -0.833. The molecule has 2 rings (SSSR count). The molecule has 0 amide bonds. The zero-order valence-electron chi connectivity index (χ0n) is 6.92. The number of para-hydroxylation sites is 1. The van der Waals surface area contributed by atoms with Gasteiger partial charge in [0.1, 0.15) is 0 Å². The molecule has 1 heterocycles. The molecule has 1 aliphatic rings. The van der Waals surface area contributed by atoms with Crippen molar-refractivity contribution in [1.29, 1.82) is 0 Å². The zero-order valence-corrected chi connectivity index (χ0v) is 7.92. The fraction of sp³-hybridized carbons (Fsp3) is 0.333. The van der Waals surface area contributed by atoms with Crippen LogP contribution in [0.3, 0.4) is 0 Å². The third-order valence-corrected chi connectivity index (χ3v) is 2.94. The van der Waals surface area contributed by atoms with Crippen LogP contribution in [0.15, 0.2) is 24.3 Å². The lowest BCUT2D eigenvalue weighted by Crippen LogP contribution is -2.22. The van der Waals surface area contributed by atoms with Crippen LogP contribution in [0.1, 0.15) is 18.4 Å². The monoisotopic (exact) mass is 179 g/mol. The molecule has 0 spiro atoms. The Morgan fingerprint density at radius 1 is 1.50 bits per heavy atom. The van der Waals surface area contributed by atoms with E-state index >= 15 is 0 Å². The Labute approximate surface area is 74.3 Å². The second kappa shape index (κ2) is 2.90. The van der Waals surface area contributed by atoms with Crippen LogP contribution in [-0.2, 0) is 0 Å². The summed E-state index contributed by atoms with van der Waals surface area (Å²) in [6.45, 7) is 2.97. The van der Waals surface area contributed by atoms with Crippen molar-refractivity contribution in [2.45, 2.75) is 12.8 Å². The molecular formula is C9H10FNSi. The first-order valence-electron chi connectivity index (χ1n) is 4.05. The van der Waals surface area contributed by atoms with E-state index in [4.69, 9.17) is 0 Å². The smallest absolute Gasteiger partial charge is 0.370 e. The topological polar surface area (TPSA) is 3.24 Å². The number of hydrogen-bond acceptors (Lipinski definition) is 1. The molecule has 0 saturated heterocycles. The zero-order chi connectivity index (χ0) is 8.55. The maximum absolute atomic E-state index is 12.5. The molecular weight excluding hydrogens is 169 g/mol. The highest BCUT2D eigenvalue weighted by Gasteiger charge is 2.25. The second-order valence-corrected chi connectivity index (χ2v) is 3.86. The molecule has 0 aromatic heterocycles. The van der Waals surface area contributed by atoms with Crippen LogP contribution in [0.2, 0.25) is 0 Å². The van der Waals surface area contributed by atoms with E-state index in [9.17, 15) is 4.11 Å². The first kappa shape index (κ1) is 7.80. The van der Waals surface area contributed by atoms with Gasteiger partial charge in [-0.25, -0.2) is 0 Å². The van der Waals surface area contributed by atoms with Crippen LogP contribution in [0.25, 0.3) is 0 Å². The highest BCUT2D eigenvalue weighted by molar-refractivity contribution is 6.33. The lowest BCUT2D eigenvalue weighted by molar-refractivity contribution is 0.790. The minimum Gasteiger partial charge on any atom is -0.370 e. The van der Waals surface area contributed by atoms with Crippen LogP contribution >= 0.6 is 0 Å². The van der Waals surface area contributed by atoms with Gasteiger partial charge in [-0.05, 0) is 17.5 Å². The molecule has 0 aliphatic carbocycles. The maximum atomic E-state index is 12.5. The largest absolute Gasteiger partial charge is 0.438 e. The number of nitrogens with zero attached hydrogens (tertiary/aromatic N) is 1. The molecule has 0 saturated carbocycles. The molecule has 1 nitrogen and oxygen atoms in total. The van der Waals surface area contributed by atoms with Gasteiger partial charge in [-0.1, -0.05) is 25.1 Å². The molecule has 3 heteroatoms. The van der Waals surface area contributed by atoms with Gasteiger partial charge < -0.3 is 4.57 Å². The van der Waals surface area contributed by atoms with Gasteiger partial charge in [-0.3, -0.25) is 4.11 Å². The quantitative estimate of drug-likeness (QED) is 0.471. The molecule has 62 valence electrons. The van der Waals surface area contributed by atoms with E-state index in [2.05, 4.69) is 13.0 Å². The fourth-order valence-corrected chi connectivity index (χ4v) is 2.34. The average molecular weight is 179 g/mol. The maximum Gasteiger partial charge on any atom is 0.438 e. The Morgan fingerprint density at radius 2 is 2.25 bits per heavy atom. The van der Waals surface area contributed by atoms with Gasteiger partial charge in [0.15, 0.2) is 0 Å². The van der Waals surface area contributed by atoms with Crippen LogP contribution < -0.4 is 4.57 Å².